The van der Waals surface area contributed by atoms with Gasteiger partial charge in [0, 0.05) is 11.0 Å². The SMILES string of the molecule is NC12CCC(C(=O)NC3(c4ccccc4)CC3)(CC1)CC2. The molecule has 3 heteroatoms. The fourth-order valence-corrected chi connectivity index (χ4v) is 4.27. The van der Waals surface area contributed by atoms with Crippen LogP contribution in [0.25, 0.3) is 0 Å². The molecular weight excluding hydrogens is 260 g/mol. The van der Waals surface area contributed by atoms with Crippen LogP contribution in [0.1, 0.15) is 56.9 Å². The third kappa shape index (κ3) is 2.10. The molecule has 3 nitrogen and oxygen atoms in total. The number of nitrogens with two attached hydrogens (primary N) is 1. The minimum Gasteiger partial charge on any atom is -0.346 e. The van der Waals surface area contributed by atoms with E-state index in [0.717, 1.165) is 51.4 Å². The van der Waals surface area contributed by atoms with Gasteiger partial charge in [-0.3, -0.25) is 4.79 Å². The number of hydrogen-bond acceptors (Lipinski definition) is 2. The van der Waals surface area contributed by atoms with Crippen LogP contribution in [0.3, 0.4) is 0 Å². The molecule has 5 rings (SSSR count). The fourth-order valence-electron chi connectivity index (χ4n) is 4.27. The Balaban J connectivity index is 1.52. The maximum absolute atomic E-state index is 13.0. The van der Waals surface area contributed by atoms with Gasteiger partial charge in [-0.15, -0.1) is 0 Å². The predicted molar refractivity (Wildman–Crippen MR) is 82.6 cm³/mol. The Kier molecular flexibility index (Phi) is 2.74. The normalized spacial score (nSPS) is 36.2. The Hall–Kier alpha value is -1.35. The summed E-state index contributed by atoms with van der Waals surface area (Å²) in [6.07, 6.45) is 8.09. The number of carbonyl (C=O) groups excluding carboxylic acids is 1. The average molecular weight is 284 g/mol. The summed E-state index contributed by atoms with van der Waals surface area (Å²) in [6.45, 7) is 0. The lowest BCUT2D eigenvalue weighted by atomic mass is 9.57. The van der Waals surface area contributed by atoms with Crippen LogP contribution in [-0.4, -0.2) is 11.4 Å². The van der Waals surface area contributed by atoms with Crippen molar-refractivity contribution < 1.29 is 4.79 Å². The van der Waals surface area contributed by atoms with Crippen molar-refractivity contribution in [3.63, 3.8) is 0 Å². The molecule has 2 bridgehead atoms. The van der Waals surface area contributed by atoms with Crippen molar-refractivity contribution in [3.8, 4) is 0 Å². The molecule has 1 amide bonds. The molecule has 0 unspecified atom stereocenters. The zero-order chi connectivity index (χ0) is 14.6. The minimum atomic E-state index is -0.133. The third-order valence-electron chi connectivity index (χ3n) is 6.22. The zero-order valence-corrected chi connectivity index (χ0v) is 12.5. The Morgan fingerprint density at radius 3 is 2.00 bits per heavy atom. The average Bonchev–Trinajstić information content (AvgIpc) is 3.30. The van der Waals surface area contributed by atoms with Crippen LogP contribution >= 0.6 is 0 Å². The van der Waals surface area contributed by atoms with E-state index in [0.29, 0.717) is 0 Å². The van der Waals surface area contributed by atoms with Gasteiger partial charge in [0.05, 0.1) is 5.54 Å². The molecule has 4 aliphatic rings. The fraction of sp³-hybridized carbons (Fsp3) is 0.611. The summed E-state index contributed by atoms with van der Waals surface area (Å²) in [5.74, 6) is 0.283. The molecule has 4 saturated carbocycles. The van der Waals surface area contributed by atoms with Gasteiger partial charge in [-0.25, -0.2) is 0 Å². The number of benzene rings is 1. The van der Waals surface area contributed by atoms with E-state index in [2.05, 4.69) is 29.6 Å². The van der Waals surface area contributed by atoms with E-state index in [1.165, 1.54) is 5.56 Å². The molecule has 0 aliphatic heterocycles. The van der Waals surface area contributed by atoms with Gasteiger partial charge in [-0.2, -0.15) is 0 Å². The summed E-state index contributed by atoms with van der Waals surface area (Å²) in [5.41, 5.74) is 7.42. The van der Waals surface area contributed by atoms with Crippen molar-refractivity contribution in [3.05, 3.63) is 35.9 Å². The Bertz CT molecular complexity index is 537. The second kappa shape index (κ2) is 4.33. The molecule has 4 aliphatic carbocycles. The van der Waals surface area contributed by atoms with Crippen LogP contribution in [0.15, 0.2) is 30.3 Å². The Morgan fingerprint density at radius 1 is 0.905 bits per heavy atom. The van der Waals surface area contributed by atoms with Gasteiger partial charge in [-0.1, -0.05) is 30.3 Å². The summed E-state index contributed by atoms with van der Waals surface area (Å²) in [5, 5.41) is 3.40. The van der Waals surface area contributed by atoms with Crippen LogP contribution in [0.4, 0.5) is 0 Å². The van der Waals surface area contributed by atoms with Crippen LogP contribution in [0.2, 0.25) is 0 Å². The van der Waals surface area contributed by atoms with Crippen molar-refractivity contribution in [2.45, 2.75) is 62.4 Å². The molecular formula is C18H24N2O. The monoisotopic (exact) mass is 284 g/mol. The van der Waals surface area contributed by atoms with E-state index >= 15 is 0 Å². The number of amides is 1. The molecule has 0 spiro atoms. The molecule has 3 N–H and O–H groups in total. The molecule has 0 atom stereocenters. The van der Waals surface area contributed by atoms with Gasteiger partial charge in [0.15, 0.2) is 0 Å². The van der Waals surface area contributed by atoms with E-state index in [-0.39, 0.29) is 22.4 Å². The Labute approximate surface area is 126 Å². The lowest BCUT2D eigenvalue weighted by molar-refractivity contribution is -0.138. The standard InChI is InChI=1S/C18H24N2O/c19-17-9-6-16(7-10-17,8-11-17)15(21)20-18(12-13-18)14-4-2-1-3-5-14/h1-5H,6-13,19H2,(H,20,21). The minimum absolute atomic E-state index is 0.0265. The van der Waals surface area contributed by atoms with Crippen molar-refractivity contribution in [1.82, 2.24) is 5.32 Å². The molecule has 112 valence electrons. The second-order valence-electron chi connectivity index (χ2n) is 7.54. The van der Waals surface area contributed by atoms with Crippen molar-refractivity contribution in [2.75, 3.05) is 0 Å². The molecule has 0 heterocycles. The highest BCUT2D eigenvalue weighted by molar-refractivity contribution is 5.84. The molecule has 0 radical (unpaired) electrons. The highest BCUT2D eigenvalue weighted by Crippen LogP contribution is 2.53. The molecule has 1 aromatic rings. The van der Waals surface area contributed by atoms with E-state index in [1.807, 2.05) is 6.07 Å². The molecule has 21 heavy (non-hydrogen) atoms. The largest absolute Gasteiger partial charge is 0.346 e. The molecule has 1 aromatic carbocycles. The summed E-state index contributed by atoms with van der Waals surface area (Å²) in [6, 6.07) is 10.4. The highest BCUT2D eigenvalue weighted by atomic mass is 16.2. The molecule has 0 aromatic heterocycles. The first kappa shape index (κ1) is 13.3. The number of nitrogens with one attached hydrogen (secondary N) is 1. The molecule has 4 fully saturated rings. The summed E-state index contributed by atoms with van der Waals surface area (Å²) in [4.78, 5) is 13.0. The predicted octanol–water partition coefficient (Wildman–Crippen LogP) is 2.84. The van der Waals surface area contributed by atoms with Crippen molar-refractivity contribution in [2.24, 2.45) is 11.1 Å². The van der Waals surface area contributed by atoms with E-state index in [4.69, 9.17) is 5.73 Å². The van der Waals surface area contributed by atoms with E-state index in [1.54, 1.807) is 0 Å². The van der Waals surface area contributed by atoms with E-state index in [9.17, 15) is 4.79 Å². The summed E-state index contributed by atoms with van der Waals surface area (Å²) in [7, 11) is 0. The number of rotatable bonds is 3. The van der Waals surface area contributed by atoms with Crippen molar-refractivity contribution >= 4 is 5.91 Å². The maximum atomic E-state index is 13.0. The van der Waals surface area contributed by atoms with E-state index < -0.39 is 0 Å². The maximum Gasteiger partial charge on any atom is 0.226 e. The quantitative estimate of drug-likeness (QED) is 0.896. The number of fused-ring (bicyclic) bond motifs is 3. The van der Waals surface area contributed by atoms with Gasteiger partial charge in [-0.05, 0) is 56.9 Å². The first-order chi connectivity index (χ1) is 10.1. The first-order valence-electron chi connectivity index (χ1n) is 8.23. The van der Waals surface area contributed by atoms with Gasteiger partial charge in [0.2, 0.25) is 5.91 Å². The van der Waals surface area contributed by atoms with Gasteiger partial charge < -0.3 is 11.1 Å². The number of hydrogen-bond donors (Lipinski definition) is 2. The van der Waals surface area contributed by atoms with Gasteiger partial charge >= 0.3 is 0 Å². The van der Waals surface area contributed by atoms with Crippen LogP contribution < -0.4 is 11.1 Å². The molecule has 0 saturated heterocycles. The van der Waals surface area contributed by atoms with Crippen molar-refractivity contribution in [1.29, 1.82) is 0 Å². The van der Waals surface area contributed by atoms with Crippen LogP contribution in [0, 0.1) is 5.41 Å². The van der Waals surface area contributed by atoms with Gasteiger partial charge in [0.1, 0.15) is 0 Å². The third-order valence-corrected chi connectivity index (χ3v) is 6.22. The lowest BCUT2D eigenvalue weighted by Gasteiger charge is -2.51. The van der Waals surface area contributed by atoms with Crippen LogP contribution in [0.5, 0.6) is 0 Å². The smallest absolute Gasteiger partial charge is 0.226 e. The lowest BCUT2D eigenvalue weighted by Crippen LogP contribution is -2.57. The Morgan fingerprint density at radius 2 is 1.48 bits per heavy atom. The highest BCUT2D eigenvalue weighted by Gasteiger charge is 2.54. The van der Waals surface area contributed by atoms with Crippen LogP contribution in [-0.2, 0) is 10.3 Å². The summed E-state index contributed by atoms with van der Waals surface area (Å²) < 4.78 is 0. The first-order valence-corrected chi connectivity index (χ1v) is 8.23. The second-order valence-corrected chi connectivity index (χ2v) is 7.54. The zero-order valence-electron chi connectivity index (χ0n) is 12.5. The summed E-state index contributed by atoms with van der Waals surface area (Å²) >= 11 is 0. The number of carbonyl (C=O) groups is 1. The van der Waals surface area contributed by atoms with Gasteiger partial charge in [0.25, 0.3) is 0 Å². The topological polar surface area (TPSA) is 55.1 Å².